The van der Waals surface area contributed by atoms with Crippen molar-refractivity contribution in [2.45, 2.75) is 97.4 Å². The van der Waals surface area contributed by atoms with Crippen molar-refractivity contribution in [3.63, 3.8) is 0 Å². The Bertz CT molecular complexity index is 2740. The largest absolute Gasteiger partial charge is 0.496 e. The minimum absolute atomic E-state index is 0.00809. The second kappa shape index (κ2) is 20.4. The molecule has 5 aliphatic heterocycles. The Kier molecular flexibility index (Phi) is 15.4. The zero-order valence-electron chi connectivity index (χ0n) is 41.0. The number of esters is 2. The maximum absolute atomic E-state index is 15.5. The summed E-state index contributed by atoms with van der Waals surface area (Å²) in [5.41, 5.74) is -2.30. The highest BCUT2D eigenvalue weighted by molar-refractivity contribution is 7.89. The Morgan fingerprint density at radius 1 is 0.873 bits per heavy atom. The summed E-state index contributed by atoms with van der Waals surface area (Å²) in [6, 6.07) is 17.3. The summed E-state index contributed by atoms with van der Waals surface area (Å²) < 4.78 is 91.4. The van der Waals surface area contributed by atoms with E-state index in [0.717, 1.165) is 27.7 Å². The summed E-state index contributed by atoms with van der Waals surface area (Å²) in [4.78, 5) is 40.6. The molecule has 388 valence electrons. The predicted molar refractivity (Wildman–Crippen MR) is 257 cm³/mol. The van der Waals surface area contributed by atoms with E-state index in [0.29, 0.717) is 95.4 Å². The number of likely N-dealkylation sites (N-methyl/N-ethyl adjacent to an activating group) is 1. The fourth-order valence-electron chi connectivity index (χ4n) is 14.2. The number of aromatic nitrogens is 1. The third-order valence-corrected chi connectivity index (χ3v) is 18.2. The van der Waals surface area contributed by atoms with Gasteiger partial charge in [0.1, 0.15) is 11.2 Å². The lowest BCUT2D eigenvalue weighted by molar-refractivity contribution is -0.188. The molecule has 3 fully saturated rings. The molecule has 6 heterocycles. The second-order valence-corrected chi connectivity index (χ2v) is 21.3. The number of methoxy groups -OCH3 is 3. The monoisotopic (exact) mass is 1020 g/mol. The number of carbonyl (C=O) groups excluding carboxylic acids is 2. The van der Waals surface area contributed by atoms with Gasteiger partial charge in [0.25, 0.3) is 0 Å². The van der Waals surface area contributed by atoms with Gasteiger partial charge in [0.05, 0.1) is 51.1 Å². The van der Waals surface area contributed by atoms with Crippen molar-refractivity contribution < 1.29 is 65.1 Å². The van der Waals surface area contributed by atoms with E-state index in [1.807, 2.05) is 62.2 Å². The number of ether oxygens (including phenoxy) is 3. The quantitative estimate of drug-likeness (QED) is 0.0798. The van der Waals surface area contributed by atoms with Crippen molar-refractivity contribution in [1.29, 1.82) is 0 Å². The molecule has 0 radical (unpaired) electrons. The van der Waals surface area contributed by atoms with Gasteiger partial charge in [-0.3, -0.25) is 19.0 Å². The molecule has 1 aromatic heterocycles. The Morgan fingerprint density at radius 2 is 1.55 bits per heavy atom. The van der Waals surface area contributed by atoms with Gasteiger partial charge < -0.3 is 34.3 Å². The van der Waals surface area contributed by atoms with Crippen molar-refractivity contribution >= 4 is 38.6 Å². The van der Waals surface area contributed by atoms with Crippen LogP contribution in [0, 0.1) is 11.3 Å². The van der Waals surface area contributed by atoms with Crippen LogP contribution in [0.15, 0.2) is 83.8 Å². The standard InChI is InChI=1S/C50H61N5O9S.CH3F.2F2/c1-7-46(58)27-31-28-49(44(56)63-5,40-34(19-23-54(29-31)30-46)33-17-12-13-18-37(33)51-40)36-25-35-38(26-39(36)62-4)53(3)43-48(35)21-24-55-22-14-20-47(8-2,42(48)55)41(50(43,59)45(57)64-6)52-65(60,61)32-15-10-9-11-16-32;3*1-2/h9-18,20,25-26,31,41-43,51-52,58-59H,7-8,19,21-24,27-30H2,1-6H3;1H3;;/t31-,41+,42+,43-,46+,47+,48-,49+,50-;;;/m1.../s1. The second-order valence-electron chi connectivity index (χ2n) is 19.6. The number of aliphatic hydroxyl groups is 2. The first-order valence-electron chi connectivity index (χ1n) is 23.7. The molecule has 1 unspecified atom stereocenters. The molecule has 4 N–H and O–H groups in total. The molecule has 2 saturated heterocycles. The van der Waals surface area contributed by atoms with Gasteiger partial charge in [-0.05, 0) is 86.4 Å². The Balaban J connectivity index is 0.00000119. The number of carbonyl (C=O) groups is 2. The summed E-state index contributed by atoms with van der Waals surface area (Å²) in [7, 11) is 2.26. The number of hydrogen-bond acceptors (Lipinski definition) is 12. The highest BCUT2D eigenvalue weighted by atomic mass is 32.2. The number of hydrogen-bond donors (Lipinski definition) is 4. The molecule has 71 heavy (non-hydrogen) atoms. The van der Waals surface area contributed by atoms with Crippen LogP contribution < -0.4 is 14.4 Å². The van der Waals surface area contributed by atoms with Crippen molar-refractivity contribution in [1.82, 2.24) is 19.5 Å². The molecule has 3 aromatic carbocycles. The molecule has 0 amide bonds. The van der Waals surface area contributed by atoms with Crippen LogP contribution in [-0.2, 0) is 46.3 Å². The number of anilines is 1. The number of piperidine rings is 1. The lowest BCUT2D eigenvalue weighted by Gasteiger charge is -2.64. The first kappa shape index (κ1) is 53.7. The van der Waals surface area contributed by atoms with Crippen molar-refractivity contribution in [2.24, 2.45) is 11.3 Å². The SMILES string of the molecule is CC[C@]1(O)C[C@H]2CN(CCc3c([nH]c4ccccc34)[C@@](C(=O)OC)(c3cc4c(cc3OC)N(C)[C@H]3[C@@](O)(C(=O)OC)[C@@H](NS(=O)(=O)c5ccccc5)[C@]5(CC)C=CCN6CC[C@]43[C@@H]65)C2)C1.CF.FF.FF. The van der Waals surface area contributed by atoms with E-state index >= 15 is 4.79 Å². The van der Waals surface area contributed by atoms with Crippen LogP contribution >= 0.6 is 0 Å². The number of sulfonamides is 1. The van der Waals surface area contributed by atoms with Crippen molar-refractivity contribution in [2.75, 3.05) is 73.2 Å². The number of rotatable bonds is 9. The van der Waals surface area contributed by atoms with Crippen LogP contribution in [0.1, 0.15) is 68.3 Å². The number of para-hydroxylation sites is 1. The van der Waals surface area contributed by atoms with Gasteiger partial charge in [-0.25, -0.2) is 17.9 Å². The molecule has 14 nitrogen and oxygen atoms in total. The molecular formula is C51H64F5N5O9S. The van der Waals surface area contributed by atoms with Gasteiger partial charge in [0.2, 0.25) is 15.6 Å². The van der Waals surface area contributed by atoms with Gasteiger partial charge in [-0.1, -0.05) is 62.4 Å². The van der Waals surface area contributed by atoms with E-state index in [-0.39, 0.29) is 10.8 Å². The first-order chi connectivity index (χ1) is 34.1. The summed E-state index contributed by atoms with van der Waals surface area (Å²) in [5, 5.41) is 26.8. The maximum atomic E-state index is 15.5. The lowest BCUT2D eigenvalue weighted by Crippen LogP contribution is -2.83. The average molecular weight is 1020 g/mol. The molecule has 2 bridgehead atoms. The van der Waals surface area contributed by atoms with Gasteiger partial charge in [-0.15, -0.1) is 0 Å². The van der Waals surface area contributed by atoms with Crippen LogP contribution in [-0.4, -0.2) is 143 Å². The average Bonchev–Trinajstić information content (AvgIpc) is 4.07. The molecule has 1 spiro atoms. The van der Waals surface area contributed by atoms with Gasteiger partial charge in [0, 0.05) is 102 Å². The molecule has 6 aliphatic rings. The van der Waals surface area contributed by atoms with Crippen molar-refractivity contribution in [3.8, 4) is 5.75 Å². The number of halogens is 5. The van der Waals surface area contributed by atoms with E-state index in [4.69, 9.17) is 32.5 Å². The molecule has 10 rings (SSSR count). The molecular weight excluding hydrogens is 954 g/mol. The number of aromatic amines is 1. The highest BCUT2D eigenvalue weighted by Gasteiger charge is 2.79. The minimum Gasteiger partial charge on any atom is -0.496 e. The fraction of sp³-hybridized carbons (Fsp3) is 0.529. The van der Waals surface area contributed by atoms with E-state index in [2.05, 4.69) is 31.6 Å². The predicted octanol–water partition coefficient (Wildman–Crippen LogP) is 6.67. The van der Waals surface area contributed by atoms with Crippen LogP contribution in [0.3, 0.4) is 0 Å². The Labute approximate surface area is 410 Å². The third-order valence-electron chi connectivity index (χ3n) is 16.7. The van der Waals surface area contributed by atoms with E-state index in [1.54, 1.807) is 25.3 Å². The zero-order valence-corrected chi connectivity index (χ0v) is 41.8. The number of benzene rings is 3. The molecule has 4 aromatic rings. The normalized spacial score (nSPS) is 32.3. The molecule has 10 atom stereocenters. The summed E-state index contributed by atoms with van der Waals surface area (Å²) >= 11 is 0. The van der Waals surface area contributed by atoms with E-state index in [1.165, 1.54) is 26.4 Å². The van der Waals surface area contributed by atoms with Crippen LogP contribution in [0.25, 0.3) is 10.9 Å². The molecule has 20 heteroatoms. The summed E-state index contributed by atoms with van der Waals surface area (Å²) in [5.74, 6) is -1.13. The van der Waals surface area contributed by atoms with E-state index < -0.39 is 67.5 Å². The van der Waals surface area contributed by atoms with Crippen LogP contribution in [0.2, 0.25) is 0 Å². The van der Waals surface area contributed by atoms with Crippen LogP contribution in [0.4, 0.5) is 28.4 Å². The highest BCUT2D eigenvalue weighted by Crippen LogP contribution is 2.68. The van der Waals surface area contributed by atoms with Gasteiger partial charge in [-0.2, -0.15) is 0 Å². The third kappa shape index (κ3) is 7.93. The van der Waals surface area contributed by atoms with Gasteiger partial charge in [0.15, 0.2) is 0 Å². The lowest BCUT2D eigenvalue weighted by atomic mass is 9.47. The minimum atomic E-state index is -4.31. The van der Waals surface area contributed by atoms with Crippen LogP contribution in [0.5, 0.6) is 5.75 Å². The topological polar surface area (TPSA) is 174 Å². The molecule has 1 aliphatic carbocycles. The number of fused-ring (bicyclic) bond motifs is 6. The first-order valence-corrected chi connectivity index (χ1v) is 25.2. The number of H-pyrrole nitrogens is 1. The summed E-state index contributed by atoms with van der Waals surface area (Å²) in [6.07, 6.45) is 6.88. The number of alkyl halides is 1. The zero-order chi connectivity index (χ0) is 51.9. The number of nitrogens with zero attached hydrogens (tertiary/aromatic N) is 3. The number of nitrogens with one attached hydrogen (secondary N) is 2. The van der Waals surface area contributed by atoms with Crippen molar-refractivity contribution in [3.05, 3.63) is 101 Å². The Morgan fingerprint density at radius 3 is 2.20 bits per heavy atom. The fourth-order valence-corrected chi connectivity index (χ4v) is 15.6. The smallest absolute Gasteiger partial charge is 0.341 e. The maximum Gasteiger partial charge on any atom is 0.341 e. The summed E-state index contributed by atoms with van der Waals surface area (Å²) in [6.45, 7) is 7.08. The molecule has 1 saturated carbocycles. The Hall–Kier alpha value is -5.12. The van der Waals surface area contributed by atoms with Gasteiger partial charge >= 0.3 is 11.9 Å². The van der Waals surface area contributed by atoms with E-state index in [9.17, 15) is 27.8 Å².